The number of rotatable bonds is 4. The number of aromatic nitrogens is 2. The smallest absolute Gasteiger partial charge is 0.241 e. The maximum Gasteiger partial charge on any atom is 0.241 e. The van der Waals surface area contributed by atoms with Crippen molar-refractivity contribution in [3.63, 3.8) is 0 Å². The van der Waals surface area contributed by atoms with Crippen molar-refractivity contribution < 1.29 is 14.3 Å². The molecular weight excluding hydrogens is 306 g/mol. The highest BCUT2D eigenvalue weighted by Gasteiger charge is 2.27. The molecule has 126 valence electrons. The van der Waals surface area contributed by atoms with E-state index in [4.69, 9.17) is 9.47 Å². The molecule has 0 radical (unpaired) electrons. The highest BCUT2D eigenvalue weighted by atomic mass is 16.5. The molecule has 24 heavy (non-hydrogen) atoms. The second-order valence-electron chi connectivity index (χ2n) is 5.83. The Bertz CT molecular complexity index is 703. The zero-order chi connectivity index (χ0) is 16.9. The molecule has 1 aliphatic rings. The third kappa shape index (κ3) is 3.64. The fraction of sp³-hybridized carbons (Fsp3) is 0.389. The fourth-order valence-corrected chi connectivity index (χ4v) is 2.94. The van der Waals surface area contributed by atoms with Crippen LogP contribution in [0, 0.1) is 0 Å². The van der Waals surface area contributed by atoms with E-state index in [1.807, 2.05) is 29.2 Å². The van der Waals surface area contributed by atoms with Crippen LogP contribution in [0.5, 0.6) is 17.4 Å². The second kappa shape index (κ2) is 7.29. The van der Waals surface area contributed by atoms with Crippen LogP contribution >= 0.6 is 0 Å². The Kier molecular flexibility index (Phi) is 4.93. The molecule has 1 amide bonds. The van der Waals surface area contributed by atoms with Crippen molar-refractivity contribution in [3.05, 3.63) is 42.4 Å². The molecule has 1 fully saturated rings. The lowest BCUT2D eigenvalue weighted by molar-refractivity contribution is -0.130. The van der Waals surface area contributed by atoms with Crippen LogP contribution in [0.2, 0.25) is 0 Å². The van der Waals surface area contributed by atoms with Crippen molar-refractivity contribution in [2.75, 3.05) is 20.2 Å². The number of hydrogen-bond acceptors (Lipinski definition) is 5. The van der Waals surface area contributed by atoms with Crippen LogP contribution in [-0.4, -0.2) is 41.0 Å². The number of methoxy groups -OCH3 is 1. The van der Waals surface area contributed by atoms with Crippen LogP contribution in [0.4, 0.5) is 0 Å². The van der Waals surface area contributed by atoms with E-state index in [1.54, 1.807) is 26.4 Å². The summed E-state index contributed by atoms with van der Waals surface area (Å²) in [7, 11) is 1.63. The highest BCUT2D eigenvalue weighted by Crippen LogP contribution is 2.32. The van der Waals surface area contributed by atoms with Gasteiger partial charge in [-0.1, -0.05) is 0 Å². The van der Waals surface area contributed by atoms with Gasteiger partial charge in [0.05, 0.1) is 7.11 Å². The first-order chi connectivity index (χ1) is 11.7. The van der Waals surface area contributed by atoms with Gasteiger partial charge in [-0.3, -0.25) is 9.78 Å². The minimum Gasteiger partial charge on any atom is -0.497 e. The molecule has 1 aromatic carbocycles. The largest absolute Gasteiger partial charge is 0.497 e. The number of piperidine rings is 1. The lowest BCUT2D eigenvalue weighted by atomic mass is 9.94. The molecule has 1 aliphatic heterocycles. The Hall–Kier alpha value is -2.63. The summed E-state index contributed by atoms with van der Waals surface area (Å²) < 4.78 is 11.1. The first-order valence-corrected chi connectivity index (χ1v) is 8.05. The molecule has 0 aliphatic carbocycles. The van der Waals surface area contributed by atoms with Crippen molar-refractivity contribution in [2.24, 2.45) is 0 Å². The van der Waals surface area contributed by atoms with Crippen molar-refractivity contribution in [3.8, 4) is 17.4 Å². The predicted octanol–water partition coefficient (Wildman–Crippen LogP) is 3.00. The fourth-order valence-electron chi connectivity index (χ4n) is 2.94. The number of carbonyl (C=O) groups is 1. The summed E-state index contributed by atoms with van der Waals surface area (Å²) >= 11 is 0. The Morgan fingerprint density at radius 1 is 1.17 bits per heavy atom. The van der Waals surface area contributed by atoms with Crippen molar-refractivity contribution in [2.45, 2.75) is 25.7 Å². The van der Waals surface area contributed by atoms with Gasteiger partial charge in [-0.25, -0.2) is 4.98 Å². The van der Waals surface area contributed by atoms with Gasteiger partial charge < -0.3 is 14.4 Å². The van der Waals surface area contributed by atoms with Gasteiger partial charge in [0.1, 0.15) is 17.2 Å². The second-order valence-corrected chi connectivity index (χ2v) is 5.83. The summed E-state index contributed by atoms with van der Waals surface area (Å²) in [6.45, 7) is 3.07. The number of amides is 1. The molecule has 0 saturated carbocycles. The van der Waals surface area contributed by atoms with E-state index in [9.17, 15) is 4.79 Å². The maximum absolute atomic E-state index is 11.7. The van der Waals surface area contributed by atoms with Crippen LogP contribution in [0.15, 0.2) is 36.7 Å². The number of hydrogen-bond donors (Lipinski definition) is 0. The summed E-state index contributed by atoms with van der Waals surface area (Å²) in [4.78, 5) is 22.3. The zero-order valence-corrected chi connectivity index (χ0v) is 13.9. The molecule has 3 rings (SSSR count). The minimum atomic E-state index is 0.0983. The van der Waals surface area contributed by atoms with E-state index in [2.05, 4.69) is 9.97 Å². The average Bonchev–Trinajstić information content (AvgIpc) is 2.63. The minimum absolute atomic E-state index is 0.0983. The average molecular weight is 327 g/mol. The molecule has 1 atom stereocenters. The first kappa shape index (κ1) is 16.2. The standard InChI is InChI=1S/C18H21N3O3/c1-13(22)21-11-3-4-14(12-21)17-18(20-10-9-19-17)24-16-7-5-15(23-2)6-8-16/h5-10,14H,3-4,11-12H2,1-2H3. The lowest BCUT2D eigenvalue weighted by Gasteiger charge is -2.32. The number of carbonyl (C=O) groups excluding carboxylic acids is 1. The number of nitrogens with zero attached hydrogens (tertiary/aromatic N) is 3. The van der Waals surface area contributed by atoms with Gasteiger partial charge in [-0.15, -0.1) is 0 Å². The van der Waals surface area contributed by atoms with Crippen LogP contribution < -0.4 is 9.47 Å². The van der Waals surface area contributed by atoms with Crippen molar-refractivity contribution in [1.82, 2.24) is 14.9 Å². The first-order valence-electron chi connectivity index (χ1n) is 8.05. The Labute approximate surface area is 141 Å². The number of benzene rings is 1. The van der Waals surface area contributed by atoms with E-state index in [0.29, 0.717) is 18.2 Å². The topological polar surface area (TPSA) is 64.6 Å². The van der Waals surface area contributed by atoms with E-state index < -0.39 is 0 Å². The van der Waals surface area contributed by atoms with E-state index in [-0.39, 0.29) is 11.8 Å². The van der Waals surface area contributed by atoms with E-state index >= 15 is 0 Å². The third-order valence-electron chi connectivity index (χ3n) is 4.22. The van der Waals surface area contributed by atoms with Crippen LogP contribution in [0.25, 0.3) is 0 Å². The van der Waals surface area contributed by atoms with E-state index in [0.717, 1.165) is 30.8 Å². The van der Waals surface area contributed by atoms with Gasteiger partial charge in [0.15, 0.2) is 0 Å². The van der Waals surface area contributed by atoms with Gasteiger partial charge in [0.25, 0.3) is 0 Å². The van der Waals surface area contributed by atoms with Gasteiger partial charge in [0.2, 0.25) is 11.8 Å². The summed E-state index contributed by atoms with van der Waals surface area (Å²) in [5, 5.41) is 0. The monoisotopic (exact) mass is 327 g/mol. The third-order valence-corrected chi connectivity index (χ3v) is 4.22. The zero-order valence-electron chi connectivity index (χ0n) is 13.9. The molecule has 6 nitrogen and oxygen atoms in total. The van der Waals surface area contributed by atoms with Gasteiger partial charge in [-0.05, 0) is 37.1 Å². The molecular formula is C18H21N3O3. The van der Waals surface area contributed by atoms with Gasteiger partial charge in [0, 0.05) is 38.3 Å². The molecule has 0 N–H and O–H groups in total. The maximum atomic E-state index is 11.7. The Morgan fingerprint density at radius 2 is 1.88 bits per heavy atom. The van der Waals surface area contributed by atoms with E-state index in [1.165, 1.54) is 0 Å². The SMILES string of the molecule is COc1ccc(Oc2nccnc2C2CCCN(C(C)=O)C2)cc1. The molecule has 2 aromatic rings. The Morgan fingerprint density at radius 3 is 2.58 bits per heavy atom. The summed E-state index contributed by atoms with van der Waals surface area (Å²) in [5.41, 5.74) is 0.805. The normalized spacial score (nSPS) is 17.4. The van der Waals surface area contributed by atoms with Gasteiger partial charge >= 0.3 is 0 Å². The van der Waals surface area contributed by atoms with Crippen LogP contribution in [0.1, 0.15) is 31.4 Å². The van der Waals surface area contributed by atoms with Crippen LogP contribution in [-0.2, 0) is 4.79 Å². The molecule has 1 unspecified atom stereocenters. The summed E-state index contributed by atoms with van der Waals surface area (Å²) in [6.07, 6.45) is 5.22. The molecule has 0 bridgehead atoms. The lowest BCUT2D eigenvalue weighted by Crippen LogP contribution is -2.38. The number of ether oxygens (including phenoxy) is 2. The molecule has 2 heterocycles. The molecule has 1 aromatic heterocycles. The van der Waals surface area contributed by atoms with Crippen molar-refractivity contribution in [1.29, 1.82) is 0 Å². The highest BCUT2D eigenvalue weighted by molar-refractivity contribution is 5.73. The Balaban J connectivity index is 1.80. The summed E-state index contributed by atoms with van der Waals surface area (Å²) in [5.74, 6) is 2.19. The molecule has 1 saturated heterocycles. The van der Waals surface area contributed by atoms with Gasteiger partial charge in [-0.2, -0.15) is 0 Å². The molecule has 6 heteroatoms. The summed E-state index contributed by atoms with van der Waals surface area (Å²) in [6, 6.07) is 7.34. The molecule has 0 spiro atoms. The van der Waals surface area contributed by atoms with Crippen LogP contribution in [0.3, 0.4) is 0 Å². The number of likely N-dealkylation sites (tertiary alicyclic amines) is 1. The van der Waals surface area contributed by atoms with Crippen molar-refractivity contribution >= 4 is 5.91 Å². The predicted molar refractivity (Wildman–Crippen MR) is 89.3 cm³/mol. The quantitative estimate of drug-likeness (QED) is 0.864.